The molecule has 0 amide bonds. The minimum absolute atomic E-state index is 0.0636. The Hall–Kier alpha value is -3.56. The standard InChI is InChI=1S/C27H32N6O3/c1-18-6-7-19(2)26-24(18)13-21(27(34)28-26)15-32(16-23-5-4-12-36-23)17-25-29-30-31-33(25)14-20-8-10-22(35-3)11-9-20/h6-11,13,23H,4-5,12,14-17H2,1-3H3,(H,28,34)/t23-/m1/s1. The predicted molar refractivity (Wildman–Crippen MR) is 137 cm³/mol. The van der Waals surface area contributed by atoms with Crippen LogP contribution in [0.5, 0.6) is 5.75 Å². The Balaban J connectivity index is 1.40. The highest BCUT2D eigenvalue weighted by atomic mass is 16.5. The van der Waals surface area contributed by atoms with Crippen LogP contribution in [-0.4, -0.2) is 56.5 Å². The molecule has 36 heavy (non-hydrogen) atoms. The van der Waals surface area contributed by atoms with Gasteiger partial charge in [0.25, 0.3) is 5.56 Å². The highest BCUT2D eigenvalue weighted by molar-refractivity contribution is 5.85. The van der Waals surface area contributed by atoms with Crippen LogP contribution in [0, 0.1) is 13.8 Å². The van der Waals surface area contributed by atoms with Crippen molar-refractivity contribution in [1.29, 1.82) is 0 Å². The molecule has 0 saturated carbocycles. The number of rotatable bonds is 9. The van der Waals surface area contributed by atoms with Crippen molar-refractivity contribution in [2.24, 2.45) is 0 Å². The van der Waals surface area contributed by atoms with E-state index in [0.29, 0.717) is 26.2 Å². The van der Waals surface area contributed by atoms with Gasteiger partial charge in [-0.1, -0.05) is 24.3 Å². The number of aromatic amines is 1. The first kappa shape index (κ1) is 24.1. The lowest BCUT2D eigenvalue weighted by atomic mass is 10.0. The van der Waals surface area contributed by atoms with Gasteiger partial charge in [-0.3, -0.25) is 9.69 Å². The zero-order valence-corrected chi connectivity index (χ0v) is 21.0. The molecule has 3 heterocycles. The molecule has 1 atom stereocenters. The average molecular weight is 489 g/mol. The van der Waals surface area contributed by atoms with Crippen molar-refractivity contribution < 1.29 is 9.47 Å². The maximum Gasteiger partial charge on any atom is 0.252 e. The Bertz CT molecular complexity index is 1390. The van der Waals surface area contributed by atoms with Gasteiger partial charge in [0.05, 0.1) is 31.8 Å². The van der Waals surface area contributed by atoms with Gasteiger partial charge in [0.1, 0.15) is 5.75 Å². The van der Waals surface area contributed by atoms with Crippen LogP contribution in [0.3, 0.4) is 0 Å². The topological polar surface area (TPSA) is 98.2 Å². The van der Waals surface area contributed by atoms with Crippen LogP contribution in [0.15, 0.2) is 47.3 Å². The summed E-state index contributed by atoms with van der Waals surface area (Å²) >= 11 is 0. The Kier molecular flexibility index (Phi) is 7.11. The monoisotopic (exact) mass is 488 g/mol. The summed E-state index contributed by atoms with van der Waals surface area (Å²) in [4.78, 5) is 18.4. The number of hydrogen-bond acceptors (Lipinski definition) is 7. The molecule has 9 nitrogen and oxygen atoms in total. The van der Waals surface area contributed by atoms with Crippen LogP contribution in [0.25, 0.3) is 10.9 Å². The number of benzene rings is 2. The average Bonchev–Trinajstić information content (AvgIpc) is 3.55. The highest BCUT2D eigenvalue weighted by Gasteiger charge is 2.22. The van der Waals surface area contributed by atoms with Gasteiger partial charge < -0.3 is 14.5 Å². The van der Waals surface area contributed by atoms with Gasteiger partial charge in [0, 0.05) is 30.6 Å². The Morgan fingerprint density at radius 1 is 1.14 bits per heavy atom. The molecule has 1 aliphatic heterocycles. The molecule has 1 aliphatic rings. The molecule has 9 heteroatoms. The molecule has 2 aromatic heterocycles. The van der Waals surface area contributed by atoms with E-state index in [2.05, 4.69) is 38.4 Å². The van der Waals surface area contributed by atoms with Crippen molar-refractivity contribution in [3.8, 4) is 5.75 Å². The molecular formula is C27H32N6O3. The molecule has 1 saturated heterocycles. The number of pyridine rings is 1. The van der Waals surface area contributed by atoms with E-state index in [0.717, 1.165) is 64.2 Å². The first-order valence-corrected chi connectivity index (χ1v) is 12.3. The number of aryl methyl sites for hydroxylation is 2. The number of tetrazole rings is 1. The van der Waals surface area contributed by atoms with Crippen LogP contribution in [-0.2, 0) is 24.4 Å². The zero-order valence-electron chi connectivity index (χ0n) is 21.0. The van der Waals surface area contributed by atoms with Crippen LogP contribution >= 0.6 is 0 Å². The molecular weight excluding hydrogens is 456 g/mol. The quantitative estimate of drug-likeness (QED) is 0.386. The molecule has 2 aromatic carbocycles. The molecule has 0 bridgehead atoms. The lowest BCUT2D eigenvalue weighted by molar-refractivity contribution is 0.0663. The maximum absolute atomic E-state index is 13.1. The van der Waals surface area contributed by atoms with Crippen molar-refractivity contribution in [3.63, 3.8) is 0 Å². The summed E-state index contributed by atoms with van der Waals surface area (Å²) in [7, 11) is 1.65. The zero-order chi connectivity index (χ0) is 25.1. The minimum atomic E-state index is -0.0636. The molecule has 4 aromatic rings. The second kappa shape index (κ2) is 10.6. The fourth-order valence-electron chi connectivity index (χ4n) is 4.80. The van der Waals surface area contributed by atoms with Crippen molar-refractivity contribution in [2.45, 2.75) is 52.4 Å². The number of nitrogens with zero attached hydrogens (tertiary/aromatic N) is 5. The number of fused-ring (bicyclic) bond motifs is 1. The van der Waals surface area contributed by atoms with Gasteiger partial charge in [-0.25, -0.2) is 4.68 Å². The number of methoxy groups -OCH3 is 1. The van der Waals surface area contributed by atoms with Gasteiger partial charge in [0.2, 0.25) is 0 Å². The van der Waals surface area contributed by atoms with E-state index in [-0.39, 0.29) is 11.7 Å². The molecule has 0 unspecified atom stereocenters. The van der Waals surface area contributed by atoms with Crippen LogP contribution in [0.4, 0.5) is 0 Å². The summed E-state index contributed by atoms with van der Waals surface area (Å²) in [6.07, 6.45) is 2.21. The first-order valence-electron chi connectivity index (χ1n) is 12.3. The van der Waals surface area contributed by atoms with E-state index in [1.807, 2.05) is 48.0 Å². The van der Waals surface area contributed by atoms with Gasteiger partial charge in [0.15, 0.2) is 5.82 Å². The van der Waals surface area contributed by atoms with Crippen molar-refractivity contribution in [2.75, 3.05) is 20.3 Å². The van der Waals surface area contributed by atoms with Crippen molar-refractivity contribution in [1.82, 2.24) is 30.1 Å². The van der Waals surface area contributed by atoms with Gasteiger partial charge in [-0.15, -0.1) is 5.10 Å². The smallest absolute Gasteiger partial charge is 0.252 e. The number of hydrogen-bond donors (Lipinski definition) is 1. The molecule has 188 valence electrons. The molecule has 1 N–H and O–H groups in total. The van der Waals surface area contributed by atoms with E-state index in [1.54, 1.807) is 7.11 Å². The lowest BCUT2D eigenvalue weighted by Gasteiger charge is -2.24. The maximum atomic E-state index is 13.1. The number of aromatic nitrogens is 5. The number of ether oxygens (including phenoxy) is 2. The molecule has 0 aliphatic carbocycles. The molecule has 1 fully saturated rings. The summed E-state index contributed by atoms with van der Waals surface area (Å²) in [5, 5.41) is 13.5. The normalized spacial score (nSPS) is 15.7. The van der Waals surface area contributed by atoms with Gasteiger partial charge in [-0.05, 0) is 72.0 Å². The van der Waals surface area contributed by atoms with Crippen LogP contribution in [0.2, 0.25) is 0 Å². The summed E-state index contributed by atoms with van der Waals surface area (Å²) in [5.74, 6) is 1.55. The van der Waals surface area contributed by atoms with E-state index in [1.165, 1.54) is 0 Å². The van der Waals surface area contributed by atoms with E-state index < -0.39 is 0 Å². The fourth-order valence-corrected chi connectivity index (χ4v) is 4.80. The molecule has 5 rings (SSSR count). The third-order valence-corrected chi connectivity index (χ3v) is 6.86. The van der Waals surface area contributed by atoms with Crippen molar-refractivity contribution in [3.05, 3.63) is 80.9 Å². The largest absolute Gasteiger partial charge is 0.497 e. The van der Waals surface area contributed by atoms with Crippen LogP contribution < -0.4 is 10.3 Å². The second-order valence-corrected chi connectivity index (χ2v) is 9.52. The highest BCUT2D eigenvalue weighted by Crippen LogP contribution is 2.22. The number of H-pyrrole nitrogens is 1. The Morgan fingerprint density at radius 3 is 2.69 bits per heavy atom. The third kappa shape index (κ3) is 5.32. The summed E-state index contributed by atoms with van der Waals surface area (Å²) in [6, 6.07) is 14.0. The summed E-state index contributed by atoms with van der Waals surface area (Å²) in [5.41, 5.74) is 4.84. The van der Waals surface area contributed by atoms with E-state index in [4.69, 9.17) is 9.47 Å². The third-order valence-electron chi connectivity index (χ3n) is 6.86. The van der Waals surface area contributed by atoms with Crippen molar-refractivity contribution >= 4 is 10.9 Å². The number of nitrogens with one attached hydrogen (secondary N) is 1. The van der Waals surface area contributed by atoms with E-state index >= 15 is 0 Å². The predicted octanol–water partition coefficient (Wildman–Crippen LogP) is 3.37. The minimum Gasteiger partial charge on any atom is -0.497 e. The fraction of sp³-hybridized carbons (Fsp3) is 0.407. The van der Waals surface area contributed by atoms with Gasteiger partial charge in [-0.2, -0.15) is 0 Å². The summed E-state index contributed by atoms with van der Waals surface area (Å²) in [6.45, 7) is 7.11. The Morgan fingerprint density at radius 2 is 1.94 bits per heavy atom. The first-order chi connectivity index (χ1) is 17.5. The summed E-state index contributed by atoms with van der Waals surface area (Å²) < 4.78 is 13.0. The SMILES string of the molecule is COc1ccc(Cn2nnnc2CN(Cc2cc3c(C)ccc(C)c3[nH]c2=O)C[C@H]2CCCO2)cc1. The van der Waals surface area contributed by atoms with E-state index in [9.17, 15) is 4.79 Å². The molecule has 0 spiro atoms. The Labute approximate surface area is 210 Å². The second-order valence-electron chi connectivity index (χ2n) is 9.52. The molecule has 0 radical (unpaired) electrons. The van der Waals surface area contributed by atoms with Gasteiger partial charge >= 0.3 is 0 Å². The lowest BCUT2D eigenvalue weighted by Crippen LogP contribution is -2.34. The van der Waals surface area contributed by atoms with Crippen LogP contribution in [0.1, 0.15) is 40.9 Å².